The van der Waals surface area contributed by atoms with E-state index in [1.54, 1.807) is 0 Å². The Morgan fingerprint density at radius 2 is 2.05 bits per heavy atom. The number of nitrogens with zero attached hydrogens (tertiary/aromatic N) is 1. The fourth-order valence-corrected chi connectivity index (χ4v) is 2.95. The molecule has 1 atom stereocenters. The molecular formula is C15H20Cl2N2. The molecule has 0 unspecified atom stereocenters. The molecule has 1 aromatic rings. The maximum atomic E-state index is 6.36. The summed E-state index contributed by atoms with van der Waals surface area (Å²) in [6.07, 6.45) is 0.917. The van der Waals surface area contributed by atoms with Crippen LogP contribution in [0.1, 0.15) is 24.9 Å². The molecule has 4 heteroatoms. The first-order valence-electron chi connectivity index (χ1n) is 6.62. The Morgan fingerprint density at radius 3 is 2.68 bits per heavy atom. The van der Waals surface area contributed by atoms with Gasteiger partial charge in [-0.2, -0.15) is 0 Å². The number of hydrogen-bond donors (Lipinski definition) is 1. The second-order valence-corrected chi connectivity index (χ2v) is 5.97. The molecule has 1 heterocycles. The van der Waals surface area contributed by atoms with Gasteiger partial charge in [0.25, 0.3) is 0 Å². The maximum Gasteiger partial charge on any atom is 0.0455 e. The second kappa shape index (κ2) is 6.76. The van der Waals surface area contributed by atoms with E-state index in [-0.39, 0.29) is 6.04 Å². The summed E-state index contributed by atoms with van der Waals surface area (Å²) in [4.78, 5) is 2.46. The molecule has 0 spiro atoms. The molecule has 0 radical (unpaired) electrons. The summed E-state index contributed by atoms with van der Waals surface area (Å²) < 4.78 is 0. The van der Waals surface area contributed by atoms with Gasteiger partial charge >= 0.3 is 0 Å². The predicted octanol–water partition coefficient (Wildman–Crippen LogP) is 3.91. The second-order valence-electron chi connectivity index (χ2n) is 5.13. The lowest BCUT2D eigenvalue weighted by Crippen LogP contribution is -2.45. The highest BCUT2D eigenvalue weighted by atomic mass is 35.5. The number of halogens is 2. The van der Waals surface area contributed by atoms with Crippen molar-refractivity contribution in [1.29, 1.82) is 0 Å². The van der Waals surface area contributed by atoms with Gasteiger partial charge in [0.05, 0.1) is 0 Å². The highest BCUT2D eigenvalue weighted by molar-refractivity contribution is 6.33. The van der Waals surface area contributed by atoms with Crippen LogP contribution in [0.25, 0.3) is 0 Å². The van der Waals surface area contributed by atoms with Crippen molar-refractivity contribution < 1.29 is 0 Å². The molecule has 1 aromatic carbocycles. The monoisotopic (exact) mass is 298 g/mol. The molecule has 1 fully saturated rings. The zero-order valence-electron chi connectivity index (χ0n) is 11.3. The average molecular weight is 299 g/mol. The molecule has 1 N–H and O–H groups in total. The van der Waals surface area contributed by atoms with Crippen molar-refractivity contribution >= 4 is 23.2 Å². The Balaban J connectivity index is 2.29. The van der Waals surface area contributed by atoms with Crippen molar-refractivity contribution in [2.24, 2.45) is 0 Å². The highest BCUT2D eigenvalue weighted by Crippen LogP contribution is 2.34. The third-order valence-corrected chi connectivity index (χ3v) is 4.03. The van der Waals surface area contributed by atoms with Crippen LogP contribution >= 0.6 is 23.2 Å². The normalized spacial score (nSPS) is 18.3. The zero-order valence-corrected chi connectivity index (χ0v) is 12.8. The average Bonchev–Trinajstić information content (AvgIpc) is 2.40. The summed E-state index contributed by atoms with van der Waals surface area (Å²) in [6, 6.07) is 5.97. The van der Waals surface area contributed by atoms with Crippen molar-refractivity contribution in [2.45, 2.75) is 19.4 Å². The van der Waals surface area contributed by atoms with Crippen LogP contribution in [-0.2, 0) is 0 Å². The van der Waals surface area contributed by atoms with Crippen LogP contribution in [0.4, 0.5) is 0 Å². The van der Waals surface area contributed by atoms with E-state index in [0.29, 0.717) is 0 Å². The number of piperazine rings is 1. The van der Waals surface area contributed by atoms with Crippen LogP contribution in [0.15, 0.2) is 30.4 Å². The van der Waals surface area contributed by atoms with Crippen LogP contribution < -0.4 is 5.32 Å². The summed E-state index contributed by atoms with van der Waals surface area (Å²) in [5, 5.41) is 4.90. The summed E-state index contributed by atoms with van der Waals surface area (Å²) >= 11 is 12.5. The van der Waals surface area contributed by atoms with E-state index in [0.717, 1.165) is 48.2 Å². The molecule has 1 aliphatic heterocycles. The molecule has 0 aromatic heterocycles. The SMILES string of the molecule is C=C(C)C[C@@H](c1cc(Cl)ccc1Cl)N1CCNCC1. The van der Waals surface area contributed by atoms with Gasteiger partial charge in [-0.3, -0.25) is 4.90 Å². The van der Waals surface area contributed by atoms with Crippen LogP contribution in [-0.4, -0.2) is 31.1 Å². The van der Waals surface area contributed by atoms with E-state index in [9.17, 15) is 0 Å². The van der Waals surface area contributed by atoms with Crippen molar-refractivity contribution in [3.8, 4) is 0 Å². The van der Waals surface area contributed by atoms with Gasteiger partial charge < -0.3 is 5.32 Å². The van der Waals surface area contributed by atoms with Crippen LogP contribution in [0.2, 0.25) is 10.0 Å². The molecule has 1 saturated heterocycles. The Labute approximate surface area is 125 Å². The molecule has 0 aliphatic carbocycles. The van der Waals surface area contributed by atoms with Crippen molar-refractivity contribution in [3.05, 3.63) is 46.0 Å². The first kappa shape index (κ1) is 14.9. The third-order valence-electron chi connectivity index (χ3n) is 3.45. The Hall–Kier alpha value is -0.540. The maximum absolute atomic E-state index is 6.36. The van der Waals surface area contributed by atoms with Crippen LogP contribution in [0.5, 0.6) is 0 Å². The number of nitrogens with one attached hydrogen (secondary N) is 1. The summed E-state index contributed by atoms with van der Waals surface area (Å²) in [7, 11) is 0. The van der Waals surface area contributed by atoms with Crippen molar-refractivity contribution in [2.75, 3.05) is 26.2 Å². The predicted molar refractivity (Wildman–Crippen MR) is 83.1 cm³/mol. The van der Waals surface area contributed by atoms with Gasteiger partial charge in [-0.05, 0) is 37.1 Å². The van der Waals surface area contributed by atoms with Gasteiger partial charge in [-0.15, -0.1) is 6.58 Å². The van der Waals surface area contributed by atoms with Gasteiger partial charge in [0.1, 0.15) is 0 Å². The van der Waals surface area contributed by atoms with Crippen molar-refractivity contribution in [1.82, 2.24) is 10.2 Å². The first-order valence-corrected chi connectivity index (χ1v) is 7.37. The van der Waals surface area contributed by atoms with E-state index >= 15 is 0 Å². The minimum Gasteiger partial charge on any atom is -0.314 e. The van der Waals surface area contributed by atoms with Gasteiger partial charge in [-0.1, -0.05) is 28.8 Å². The van der Waals surface area contributed by atoms with Crippen LogP contribution in [0, 0.1) is 0 Å². The largest absolute Gasteiger partial charge is 0.314 e. The minimum atomic E-state index is 0.269. The lowest BCUT2D eigenvalue weighted by Gasteiger charge is -2.36. The van der Waals surface area contributed by atoms with Gasteiger partial charge in [0, 0.05) is 42.3 Å². The molecule has 0 amide bonds. The molecule has 2 nitrogen and oxygen atoms in total. The molecule has 19 heavy (non-hydrogen) atoms. The molecular weight excluding hydrogens is 279 g/mol. The quantitative estimate of drug-likeness (QED) is 0.848. The van der Waals surface area contributed by atoms with Gasteiger partial charge in [0.15, 0.2) is 0 Å². The fraction of sp³-hybridized carbons (Fsp3) is 0.467. The Kier molecular flexibility index (Phi) is 5.28. The standard InChI is InChI=1S/C15H20Cl2N2/c1-11(2)9-15(19-7-5-18-6-8-19)13-10-12(16)3-4-14(13)17/h3-4,10,15,18H,1,5-9H2,2H3/t15-/m0/s1. The third kappa shape index (κ3) is 3.96. The minimum absolute atomic E-state index is 0.269. The summed E-state index contributed by atoms with van der Waals surface area (Å²) in [5.41, 5.74) is 2.28. The van der Waals surface area contributed by atoms with E-state index in [2.05, 4.69) is 23.7 Å². The van der Waals surface area contributed by atoms with E-state index in [1.165, 1.54) is 5.57 Å². The fourth-order valence-electron chi connectivity index (χ4n) is 2.53. The van der Waals surface area contributed by atoms with E-state index in [4.69, 9.17) is 23.2 Å². The van der Waals surface area contributed by atoms with Gasteiger partial charge in [-0.25, -0.2) is 0 Å². The molecule has 0 saturated carbocycles. The summed E-state index contributed by atoms with van der Waals surface area (Å²) in [6.45, 7) is 10.2. The summed E-state index contributed by atoms with van der Waals surface area (Å²) in [5.74, 6) is 0. The number of rotatable bonds is 4. The number of benzene rings is 1. The van der Waals surface area contributed by atoms with E-state index < -0.39 is 0 Å². The lowest BCUT2D eigenvalue weighted by atomic mass is 9.98. The smallest absolute Gasteiger partial charge is 0.0455 e. The van der Waals surface area contributed by atoms with E-state index in [1.807, 2.05) is 18.2 Å². The topological polar surface area (TPSA) is 15.3 Å². The first-order chi connectivity index (χ1) is 9.08. The molecule has 104 valence electrons. The van der Waals surface area contributed by atoms with Gasteiger partial charge in [0.2, 0.25) is 0 Å². The van der Waals surface area contributed by atoms with Crippen molar-refractivity contribution in [3.63, 3.8) is 0 Å². The van der Waals surface area contributed by atoms with Crippen LogP contribution in [0.3, 0.4) is 0 Å². The highest BCUT2D eigenvalue weighted by Gasteiger charge is 2.24. The number of hydrogen-bond acceptors (Lipinski definition) is 2. The Morgan fingerprint density at radius 1 is 1.37 bits per heavy atom. The molecule has 1 aliphatic rings. The zero-order chi connectivity index (χ0) is 13.8. The molecule has 0 bridgehead atoms. The lowest BCUT2D eigenvalue weighted by molar-refractivity contribution is 0.172. The Bertz CT molecular complexity index is 453. The molecule has 2 rings (SSSR count).